The van der Waals surface area contributed by atoms with Gasteiger partial charge in [-0.2, -0.15) is 0 Å². The molecule has 82 valence electrons. The lowest BCUT2D eigenvalue weighted by atomic mass is 9.69. The molecule has 2 N–H and O–H groups in total. The highest BCUT2D eigenvalue weighted by atomic mass is 16.3. The van der Waals surface area contributed by atoms with Gasteiger partial charge in [0.25, 0.3) is 0 Å². The smallest absolute Gasteiger partial charge is 0.0700 e. The van der Waals surface area contributed by atoms with Gasteiger partial charge in [-0.25, -0.2) is 0 Å². The molecule has 0 heterocycles. The van der Waals surface area contributed by atoms with Crippen LogP contribution >= 0.6 is 0 Å². The lowest BCUT2D eigenvalue weighted by Crippen LogP contribution is -2.47. The van der Waals surface area contributed by atoms with E-state index < -0.39 is 5.60 Å². The molecular weight excluding hydrogens is 176 g/mol. The van der Waals surface area contributed by atoms with E-state index in [-0.39, 0.29) is 12.0 Å². The summed E-state index contributed by atoms with van der Waals surface area (Å²) in [5.41, 5.74) is -0.530. The monoisotopic (exact) mass is 198 g/mol. The predicted octanol–water partition coefficient (Wildman–Crippen LogP) is 2.23. The van der Waals surface area contributed by atoms with Crippen LogP contribution in [0.3, 0.4) is 0 Å². The van der Waals surface area contributed by atoms with E-state index in [9.17, 15) is 10.2 Å². The van der Waals surface area contributed by atoms with Gasteiger partial charge in [0.05, 0.1) is 11.7 Å². The molecule has 2 saturated carbocycles. The fourth-order valence-electron chi connectivity index (χ4n) is 3.27. The third kappa shape index (κ3) is 1.96. The number of aliphatic hydroxyl groups excluding tert-OH is 1. The van der Waals surface area contributed by atoms with E-state index in [0.29, 0.717) is 0 Å². The van der Waals surface area contributed by atoms with Crippen LogP contribution in [0, 0.1) is 5.92 Å². The van der Waals surface area contributed by atoms with E-state index >= 15 is 0 Å². The molecule has 0 amide bonds. The lowest BCUT2D eigenvalue weighted by molar-refractivity contribution is -0.107. The Morgan fingerprint density at radius 2 is 1.50 bits per heavy atom. The summed E-state index contributed by atoms with van der Waals surface area (Å²) in [6.45, 7) is 0. The molecular formula is C12H22O2. The van der Waals surface area contributed by atoms with Crippen molar-refractivity contribution in [3.05, 3.63) is 0 Å². The summed E-state index contributed by atoms with van der Waals surface area (Å²) in [6, 6.07) is 0. The Labute approximate surface area is 86.3 Å². The van der Waals surface area contributed by atoms with Crippen molar-refractivity contribution < 1.29 is 10.2 Å². The summed E-state index contributed by atoms with van der Waals surface area (Å²) in [6.07, 6.45) is 9.35. The average molecular weight is 198 g/mol. The fraction of sp³-hybridized carbons (Fsp3) is 1.00. The van der Waals surface area contributed by atoms with Gasteiger partial charge < -0.3 is 10.2 Å². The SMILES string of the molecule is O[C@H]1CCCC[C@H]1C1(O)CCCCC1. The van der Waals surface area contributed by atoms with Crippen LogP contribution in [-0.4, -0.2) is 21.9 Å². The maximum absolute atomic E-state index is 10.5. The quantitative estimate of drug-likeness (QED) is 0.678. The summed E-state index contributed by atoms with van der Waals surface area (Å²) in [7, 11) is 0. The molecule has 0 unspecified atom stereocenters. The van der Waals surface area contributed by atoms with Crippen LogP contribution in [0.1, 0.15) is 57.8 Å². The summed E-state index contributed by atoms with van der Waals surface area (Å²) < 4.78 is 0. The minimum Gasteiger partial charge on any atom is -0.393 e. The summed E-state index contributed by atoms with van der Waals surface area (Å²) in [5, 5.41) is 20.4. The van der Waals surface area contributed by atoms with Gasteiger partial charge in [0, 0.05) is 5.92 Å². The van der Waals surface area contributed by atoms with Gasteiger partial charge in [-0.1, -0.05) is 32.1 Å². The number of hydrogen-bond donors (Lipinski definition) is 2. The highest BCUT2D eigenvalue weighted by Gasteiger charge is 2.42. The van der Waals surface area contributed by atoms with Gasteiger partial charge >= 0.3 is 0 Å². The van der Waals surface area contributed by atoms with E-state index in [1.54, 1.807) is 0 Å². The van der Waals surface area contributed by atoms with Crippen molar-refractivity contribution >= 4 is 0 Å². The second-order valence-corrected chi connectivity index (χ2v) is 5.12. The molecule has 0 aliphatic heterocycles. The Balaban J connectivity index is 2.02. The number of hydrogen-bond acceptors (Lipinski definition) is 2. The second kappa shape index (κ2) is 4.19. The average Bonchev–Trinajstić information content (AvgIpc) is 2.19. The molecule has 2 aliphatic carbocycles. The molecule has 0 aromatic rings. The first-order valence-electron chi connectivity index (χ1n) is 6.13. The molecule has 2 fully saturated rings. The highest BCUT2D eigenvalue weighted by Crippen LogP contribution is 2.41. The van der Waals surface area contributed by atoms with Crippen molar-refractivity contribution in [2.45, 2.75) is 69.5 Å². The molecule has 0 aromatic heterocycles. The van der Waals surface area contributed by atoms with Crippen LogP contribution in [0.5, 0.6) is 0 Å². The van der Waals surface area contributed by atoms with Crippen LogP contribution in [0.2, 0.25) is 0 Å². The van der Waals surface area contributed by atoms with E-state index in [0.717, 1.165) is 44.9 Å². The van der Waals surface area contributed by atoms with Gasteiger partial charge in [0.2, 0.25) is 0 Å². The highest BCUT2D eigenvalue weighted by molar-refractivity contribution is 4.94. The number of aliphatic hydroxyl groups is 2. The van der Waals surface area contributed by atoms with Gasteiger partial charge in [0.1, 0.15) is 0 Å². The van der Waals surface area contributed by atoms with E-state index in [4.69, 9.17) is 0 Å². The van der Waals surface area contributed by atoms with Crippen molar-refractivity contribution in [1.82, 2.24) is 0 Å². The summed E-state index contributed by atoms with van der Waals surface area (Å²) >= 11 is 0. The molecule has 2 rings (SSSR count). The normalized spacial score (nSPS) is 38.1. The molecule has 0 aromatic carbocycles. The zero-order valence-corrected chi connectivity index (χ0v) is 8.91. The molecule has 0 bridgehead atoms. The van der Waals surface area contributed by atoms with Crippen molar-refractivity contribution in [3.63, 3.8) is 0 Å². The first-order valence-corrected chi connectivity index (χ1v) is 6.13. The topological polar surface area (TPSA) is 40.5 Å². The molecule has 0 radical (unpaired) electrons. The second-order valence-electron chi connectivity index (χ2n) is 5.12. The summed E-state index contributed by atoms with van der Waals surface area (Å²) in [5.74, 6) is 0.163. The standard InChI is InChI=1S/C12H22O2/c13-11-7-3-2-6-10(11)12(14)8-4-1-5-9-12/h10-11,13-14H,1-9H2/t10-,11+/m1/s1. The molecule has 2 aliphatic rings. The third-order valence-electron chi connectivity index (χ3n) is 4.14. The Morgan fingerprint density at radius 1 is 0.857 bits per heavy atom. The molecule has 2 nitrogen and oxygen atoms in total. The summed E-state index contributed by atoms with van der Waals surface area (Å²) in [4.78, 5) is 0. The van der Waals surface area contributed by atoms with E-state index in [1.807, 2.05) is 0 Å². The lowest BCUT2D eigenvalue weighted by Gasteiger charge is -2.43. The Morgan fingerprint density at radius 3 is 2.14 bits per heavy atom. The molecule has 2 atom stereocenters. The molecule has 14 heavy (non-hydrogen) atoms. The van der Waals surface area contributed by atoms with Crippen molar-refractivity contribution in [1.29, 1.82) is 0 Å². The van der Waals surface area contributed by atoms with Gasteiger partial charge in [0.15, 0.2) is 0 Å². The largest absolute Gasteiger partial charge is 0.393 e. The minimum atomic E-state index is -0.530. The molecule has 2 heteroatoms. The Hall–Kier alpha value is -0.0800. The maximum Gasteiger partial charge on any atom is 0.0700 e. The van der Waals surface area contributed by atoms with Crippen LogP contribution in [0.25, 0.3) is 0 Å². The zero-order chi connectivity index (χ0) is 10.0. The fourth-order valence-corrected chi connectivity index (χ4v) is 3.27. The van der Waals surface area contributed by atoms with Crippen LogP contribution in [0.15, 0.2) is 0 Å². The van der Waals surface area contributed by atoms with Gasteiger partial charge in [-0.15, -0.1) is 0 Å². The van der Waals surface area contributed by atoms with Crippen LogP contribution in [0.4, 0.5) is 0 Å². The van der Waals surface area contributed by atoms with Crippen LogP contribution in [-0.2, 0) is 0 Å². The van der Waals surface area contributed by atoms with E-state index in [2.05, 4.69) is 0 Å². The zero-order valence-electron chi connectivity index (χ0n) is 8.91. The van der Waals surface area contributed by atoms with Crippen LogP contribution < -0.4 is 0 Å². The Bertz CT molecular complexity index is 185. The molecule has 0 spiro atoms. The van der Waals surface area contributed by atoms with Gasteiger partial charge in [-0.05, 0) is 25.7 Å². The minimum absolute atomic E-state index is 0.163. The van der Waals surface area contributed by atoms with Gasteiger partial charge in [-0.3, -0.25) is 0 Å². The third-order valence-corrected chi connectivity index (χ3v) is 4.14. The van der Waals surface area contributed by atoms with Crippen molar-refractivity contribution in [2.75, 3.05) is 0 Å². The first kappa shape index (κ1) is 10.4. The number of rotatable bonds is 1. The molecule has 0 saturated heterocycles. The first-order chi connectivity index (χ1) is 6.72. The van der Waals surface area contributed by atoms with E-state index in [1.165, 1.54) is 12.8 Å². The van der Waals surface area contributed by atoms with Crippen molar-refractivity contribution in [2.24, 2.45) is 5.92 Å². The predicted molar refractivity (Wildman–Crippen MR) is 56.0 cm³/mol. The maximum atomic E-state index is 10.5. The van der Waals surface area contributed by atoms with Crippen molar-refractivity contribution in [3.8, 4) is 0 Å². The Kier molecular flexibility index (Phi) is 3.13.